The number of ether oxygens (including phenoxy) is 2. The average molecular weight is 505 g/mol. The number of carbonyl (C=O) groups excluding carboxylic acids is 2. The van der Waals surface area contributed by atoms with E-state index >= 15 is 0 Å². The molecule has 3 aromatic rings. The number of nitrogens with zero attached hydrogens (tertiary/aromatic N) is 2. The lowest BCUT2D eigenvalue weighted by molar-refractivity contribution is -0.138. The second-order valence-corrected chi connectivity index (χ2v) is 7.56. The fourth-order valence-corrected chi connectivity index (χ4v) is 3.48. The van der Waals surface area contributed by atoms with Crippen molar-refractivity contribution in [3.05, 3.63) is 91.8 Å². The number of hydrogen-bond donors (Lipinski definition) is 1. The largest absolute Gasteiger partial charge is 0.462 e. The molecule has 1 aromatic heterocycles. The topological polar surface area (TPSA) is 109 Å². The summed E-state index contributed by atoms with van der Waals surface area (Å²) >= 11 is 0. The number of rotatable bonds is 6. The van der Waals surface area contributed by atoms with Gasteiger partial charge in [0, 0.05) is 11.9 Å². The minimum atomic E-state index is -4.63. The van der Waals surface area contributed by atoms with Crippen LogP contribution in [0.3, 0.4) is 0 Å². The summed E-state index contributed by atoms with van der Waals surface area (Å²) in [4.78, 5) is 50.2. The maximum absolute atomic E-state index is 13.4. The minimum absolute atomic E-state index is 0.0436. The van der Waals surface area contributed by atoms with Crippen LogP contribution in [0.4, 0.5) is 23.7 Å². The standard InChI is InChI=1S/C24H22F3N3O6/c1-4-36-21(32)18-13-29(17-10-8-16(9-11-17)28-22(33)35-3)23(34)30(20(18)31)12-15-6-5-7-19(14(15)2)24(25,26)27/h5-11,13H,4,12H2,1-3H3,(H,28,33). The lowest BCUT2D eigenvalue weighted by Crippen LogP contribution is -2.42. The third-order valence-corrected chi connectivity index (χ3v) is 5.32. The third kappa shape index (κ3) is 5.48. The molecule has 0 spiro atoms. The highest BCUT2D eigenvalue weighted by Crippen LogP contribution is 2.33. The first kappa shape index (κ1) is 26.3. The molecule has 36 heavy (non-hydrogen) atoms. The number of esters is 1. The number of methoxy groups -OCH3 is 1. The van der Waals surface area contributed by atoms with Crippen LogP contribution in [-0.2, 0) is 22.2 Å². The molecule has 1 heterocycles. The quantitative estimate of drug-likeness (QED) is 0.512. The van der Waals surface area contributed by atoms with Crippen LogP contribution in [0, 0.1) is 6.92 Å². The average Bonchev–Trinajstić information content (AvgIpc) is 2.82. The van der Waals surface area contributed by atoms with E-state index in [1.807, 2.05) is 0 Å². The van der Waals surface area contributed by atoms with Crippen molar-refractivity contribution in [1.29, 1.82) is 0 Å². The molecule has 3 rings (SSSR count). The number of benzene rings is 2. The number of alkyl halides is 3. The minimum Gasteiger partial charge on any atom is -0.462 e. The van der Waals surface area contributed by atoms with Gasteiger partial charge in [0.15, 0.2) is 0 Å². The molecule has 0 aliphatic heterocycles. The second-order valence-electron chi connectivity index (χ2n) is 7.56. The Kier molecular flexibility index (Phi) is 7.66. The van der Waals surface area contributed by atoms with Gasteiger partial charge in [0.25, 0.3) is 5.56 Å². The molecular weight excluding hydrogens is 483 g/mol. The van der Waals surface area contributed by atoms with Crippen LogP contribution in [0.1, 0.15) is 34.0 Å². The van der Waals surface area contributed by atoms with Crippen molar-refractivity contribution in [2.45, 2.75) is 26.6 Å². The van der Waals surface area contributed by atoms with Crippen molar-refractivity contribution >= 4 is 17.7 Å². The molecule has 2 aromatic carbocycles. The van der Waals surface area contributed by atoms with Gasteiger partial charge in [-0.05, 0) is 55.3 Å². The first-order chi connectivity index (χ1) is 17.0. The van der Waals surface area contributed by atoms with Crippen LogP contribution >= 0.6 is 0 Å². The predicted molar refractivity (Wildman–Crippen MR) is 124 cm³/mol. The van der Waals surface area contributed by atoms with Gasteiger partial charge in [0.1, 0.15) is 5.56 Å². The van der Waals surface area contributed by atoms with Gasteiger partial charge in [0.05, 0.1) is 31.5 Å². The summed E-state index contributed by atoms with van der Waals surface area (Å²) in [6, 6.07) is 9.23. The Balaban J connectivity index is 2.17. The van der Waals surface area contributed by atoms with Gasteiger partial charge >= 0.3 is 23.9 Å². The molecule has 9 nitrogen and oxygen atoms in total. The van der Waals surface area contributed by atoms with E-state index in [0.717, 1.165) is 16.8 Å². The summed E-state index contributed by atoms with van der Waals surface area (Å²) in [5, 5.41) is 2.44. The van der Waals surface area contributed by atoms with Crippen LogP contribution in [0.2, 0.25) is 0 Å². The smallest absolute Gasteiger partial charge is 0.416 e. The summed E-state index contributed by atoms with van der Waals surface area (Å²) < 4.78 is 51.2. The fraction of sp³-hybridized carbons (Fsp3) is 0.250. The molecule has 0 aliphatic rings. The Bertz CT molecular complexity index is 1410. The summed E-state index contributed by atoms with van der Waals surface area (Å²) in [6.07, 6.45) is -4.33. The Morgan fingerprint density at radius 3 is 2.31 bits per heavy atom. The number of nitrogens with one attached hydrogen (secondary N) is 1. The van der Waals surface area contributed by atoms with E-state index in [1.54, 1.807) is 0 Å². The molecule has 0 unspecified atom stereocenters. The molecule has 1 amide bonds. The van der Waals surface area contributed by atoms with Gasteiger partial charge in [-0.1, -0.05) is 12.1 Å². The zero-order valence-electron chi connectivity index (χ0n) is 19.5. The highest BCUT2D eigenvalue weighted by Gasteiger charge is 2.33. The zero-order valence-corrected chi connectivity index (χ0v) is 19.5. The summed E-state index contributed by atoms with van der Waals surface area (Å²) in [5.74, 6) is -0.991. The summed E-state index contributed by atoms with van der Waals surface area (Å²) in [7, 11) is 1.19. The van der Waals surface area contributed by atoms with Crippen LogP contribution < -0.4 is 16.6 Å². The SMILES string of the molecule is CCOC(=O)c1cn(-c2ccc(NC(=O)OC)cc2)c(=O)n(Cc2cccc(C(F)(F)F)c2C)c1=O. The number of amides is 1. The Hall–Kier alpha value is -4.35. The lowest BCUT2D eigenvalue weighted by atomic mass is 10.0. The molecule has 0 bridgehead atoms. The van der Waals surface area contributed by atoms with E-state index in [2.05, 4.69) is 10.1 Å². The van der Waals surface area contributed by atoms with Crippen molar-refractivity contribution in [3.8, 4) is 5.69 Å². The molecule has 0 radical (unpaired) electrons. The van der Waals surface area contributed by atoms with Crippen LogP contribution in [-0.4, -0.2) is 34.9 Å². The van der Waals surface area contributed by atoms with E-state index in [0.29, 0.717) is 10.3 Å². The zero-order chi connectivity index (χ0) is 26.6. The van der Waals surface area contributed by atoms with Crippen molar-refractivity contribution in [1.82, 2.24) is 9.13 Å². The Morgan fingerprint density at radius 2 is 1.72 bits per heavy atom. The third-order valence-electron chi connectivity index (χ3n) is 5.32. The van der Waals surface area contributed by atoms with Crippen LogP contribution in [0.15, 0.2) is 58.3 Å². The van der Waals surface area contributed by atoms with E-state index in [-0.39, 0.29) is 23.4 Å². The summed E-state index contributed by atoms with van der Waals surface area (Å²) in [5.41, 5.74) is -2.78. The van der Waals surface area contributed by atoms with E-state index < -0.39 is 47.2 Å². The lowest BCUT2D eigenvalue weighted by Gasteiger charge is -2.16. The molecule has 190 valence electrons. The van der Waals surface area contributed by atoms with E-state index in [4.69, 9.17) is 4.74 Å². The highest BCUT2D eigenvalue weighted by molar-refractivity contribution is 5.88. The normalized spacial score (nSPS) is 11.2. The van der Waals surface area contributed by atoms with Crippen molar-refractivity contribution in [2.75, 3.05) is 19.0 Å². The molecule has 0 atom stereocenters. The van der Waals surface area contributed by atoms with Crippen molar-refractivity contribution < 1.29 is 32.2 Å². The maximum atomic E-state index is 13.4. The van der Waals surface area contributed by atoms with Gasteiger partial charge in [0.2, 0.25) is 0 Å². The van der Waals surface area contributed by atoms with Gasteiger partial charge in [-0.2, -0.15) is 13.2 Å². The van der Waals surface area contributed by atoms with Crippen molar-refractivity contribution in [3.63, 3.8) is 0 Å². The van der Waals surface area contributed by atoms with Gasteiger partial charge in [-0.15, -0.1) is 0 Å². The fourth-order valence-electron chi connectivity index (χ4n) is 3.48. The maximum Gasteiger partial charge on any atom is 0.416 e. The van der Waals surface area contributed by atoms with Crippen molar-refractivity contribution in [2.24, 2.45) is 0 Å². The number of carbonyl (C=O) groups is 2. The molecule has 0 saturated carbocycles. The second kappa shape index (κ2) is 10.5. The highest BCUT2D eigenvalue weighted by atomic mass is 19.4. The monoisotopic (exact) mass is 505 g/mol. The van der Waals surface area contributed by atoms with E-state index in [9.17, 15) is 32.3 Å². The van der Waals surface area contributed by atoms with Crippen LogP contribution in [0.5, 0.6) is 0 Å². The number of aromatic nitrogens is 2. The molecule has 0 saturated heterocycles. The number of anilines is 1. The number of hydrogen-bond acceptors (Lipinski definition) is 6. The predicted octanol–water partition coefficient (Wildman–Crippen LogP) is 3.73. The first-order valence-electron chi connectivity index (χ1n) is 10.6. The molecular formula is C24H22F3N3O6. The molecule has 0 aliphatic carbocycles. The first-order valence-corrected chi connectivity index (χ1v) is 10.6. The van der Waals surface area contributed by atoms with Crippen LogP contribution in [0.25, 0.3) is 5.69 Å². The molecule has 1 N–H and O–H groups in total. The summed E-state index contributed by atoms with van der Waals surface area (Å²) in [6.45, 7) is 2.22. The van der Waals surface area contributed by atoms with Gasteiger partial charge < -0.3 is 9.47 Å². The van der Waals surface area contributed by atoms with E-state index in [1.165, 1.54) is 57.4 Å². The number of halogens is 3. The van der Waals surface area contributed by atoms with Gasteiger partial charge in [-0.3, -0.25) is 19.2 Å². The molecule has 12 heteroatoms. The van der Waals surface area contributed by atoms with Gasteiger partial charge in [-0.25, -0.2) is 14.4 Å². The Labute approximate surface area is 202 Å². The molecule has 0 fully saturated rings. The Morgan fingerprint density at radius 1 is 1.06 bits per heavy atom.